The van der Waals surface area contributed by atoms with Gasteiger partial charge in [-0.25, -0.2) is 9.67 Å². The summed E-state index contributed by atoms with van der Waals surface area (Å²) >= 11 is 0. The number of hydrogen-bond donors (Lipinski definition) is 1. The standard InChI is InChI=1S/C9H10N4.ClH/c10-5-8-1-3-9(4-2-8)13-7-11-6-12-13;/h1-4,6-7H,5,10H2;1H. The molecule has 2 N–H and O–H groups in total. The third kappa shape index (κ3) is 2.10. The van der Waals surface area contributed by atoms with Gasteiger partial charge in [0, 0.05) is 6.54 Å². The molecule has 0 aliphatic heterocycles. The van der Waals surface area contributed by atoms with Gasteiger partial charge in [-0.1, -0.05) is 12.1 Å². The van der Waals surface area contributed by atoms with Crippen molar-refractivity contribution < 1.29 is 0 Å². The van der Waals surface area contributed by atoms with Crippen molar-refractivity contribution in [3.8, 4) is 5.69 Å². The second-order valence-electron chi connectivity index (χ2n) is 2.71. The fraction of sp³-hybridized carbons (Fsp3) is 0.111. The molecule has 14 heavy (non-hydrogen) atoms. The summed E-state index contributed by atoms with van der Waals surface area (Å²) in [5.41, 5.74) is 7.59. The normalized spacial score (nSPS) is 9.50. The molecule has 1 heterocycles. The van der Waals surface area contributed by atoms with Gasteiger partial charge >= 0.3 is 0 Å². The predicted molar refractivity (Wildman–Crippen MR) is 56.5 cm³/mol. The van der Waals surface area contributed by atoms with E-state index in [9.17, 15) is 0 Å². The Hall–Kier alpha value is -1.39. The second kappa shape index (κ2) is 4.74. The fourth-order valence-electron chi connectivity index (χ4n) is 1.13. The maximum Gasteiger partial charge on any atom is 0.138 e. The fourth-order valence-corrected chi connectivity index (χ4v) is 1.13. The number of hydrogen-bond acceptors (Lipinski definition) is 3. The Balaban J connectivity index is 0.000000980. The molecular weight excluding hydrogens is 200 g/mol. The highest BCUT2D eigenvalue weighted by molar-refractivity contribution is 5.85. The van der Waals surface area contributed by atoms with Gasteiger partial charge in [-0.3, -0.25) is 0 Å². The van der Waals surface area contributed by atoms with E-state index in [0.29, 0.717) is 6.54 Å². The lowest BCUT2D eigenvalue weighted by molar-refractivity contribution is 0.877. The van der Waals surface area contributed by atoms with Crippen molar-refractivity contribution in [1.82, 2.24) is 14.8 Å². The van der Waals surface area contributed by atoms with Crippen LogP contribution in [0.15, 0.2) is 36.9 Å². The van der Waals surface area contributed by atoms with Crippen LogP contribution in [-0.4, -0.2) is 14.8 Å². The molecule has 2 aromatic rings. The van der Waals surface area contributed by atoms with E-state index < -0.39 is 0 Å². The van der Waals surface area contributed by atoms with E-state index in [0.717, 1.165) is 11.3 Å². The Labute approximate surface area is 88.2 Å². The highest BCUT2D eigenvalue weighted by Gasteiger charge is 1.95. The minimum Gasteiger partial charge on any atom is -0.326 e. The number of nitrogens with two attached hydrogens (primary N) is 1. The molecule has 0 amide bonds. The highest BCUT2D eigenvalue weighted by atomic mass is 35.5. The van der Waals surface area contributed by atoms with Crippen molar-refractivity contribution in [2.24, 2.45) is 5.73 Å². The van der Waals surface area contributed by atoms with E-state index in [2.05, 4.69) is 10.1 Å². The summed E-state index contributed by atoms with van der Waals surface area (Å²) in [4.78, 5) is 3.87. The van der Waals surface area contributed by atoms with Crippen LogP contribution in [0.5, 0.6) is 0 Å². The van der Waals surface area contributed by atoms with Gasteiger partial charge in [0.05, 0.1) is 5.69 Å². The van der Waals surface area contributed by atoms with Gasteiger partial charge in [0.1, 0.15) is 12.7 Å². The number of halogens is 1. The molecular formula is C9H11ClN4. The first-order valence-corrected chi connectivity index (χ1v) is 4.04. The zero-order valence-corrected chi connectivity index (χ0v) is 8.31. The lowest BCUT2D eigenvalue weighted by atomic mass is 10.2. The summed E-state index contributed by atoms with van der Waals surface area (Å²) in [6.07, 6.45) is 3.17. The summed E-state index contributed by atoms with van der Waals surface area (Å²) in [7, 11) is 0. The maximum atomic E-state index is 5.48. The molecule has 0 aliphatic carbocycles. The van der Waals surface area contributed by atoms with Crippen LogP contribution in [0.25, 0.3) is 5.69 Å². The molecule has 0 atom stereocenters. The molecule has 0 saturated carbocycles. The molecule has 0 unspecified atom stereocenters. The Morgan fingerprint density at radius 2 is 1.93 bits per heavy atom. The van der Waals surface area contributed by atoms with Crippen molar-refractivity contribution in [3.05, 3.63) is 42.5 Å². The zero-order chi connectivity index (χ0) is 9.10. The van der Waals surface area contributed by atoms with Crippen molar-refractivity contribution in [2.45, 2.75) is 6.54 Å². The number of benzene rings is 1. The minimum atomic E-state index is 0. The molecule has 0 saturated heterocycles. The molecule has 1 aromatic heterocycles. The molecule has 0 radical (unpaired) electrons. The summed E-state index contributed by atoms with van der Waals surface area (Å²) < 4.78 is 1.71. The minimum absolute atomic E-state index is 0. The van der Waals surface area contributed by atoms with Crippen molar-refractivity contribution in [2.75, 3.05) is 0 Å². The summed E-state index contributed by atoms with van der Waals surface area (Å²) in [6.45, 7) is 0.567. The van der Waals surface area contributed by atoms with E-state index in [4.69, 9.17) is 5.73 Å². The summed E-state index contributed by atoms with van der Waals surface area (Å²) in [6, 6.07) is 7.90. The Kier molecular flexibility index (Phi) is 3.62. The average molecular weight is 211 g/mol. The van der Waals surface area contributed by atoms with E-state index in [1.165, 1.54) is 6.33 Å². The van der Waals surface area contributed by atoms with Gasteiger partial charge in [-0.05, 0) is 17.7 Å². The first-order chi connectivity index (χ1) is 6.40. The monoisotopic (exact) mass is 210 g/mol. The third-order valence-electron chi connectivity index (χ3n) is 1.86. The van der Waals surface area contributed by atoms with E-state index >= 15 is 0 Å². The highest BCUT2D eigenvalue weighted by Crippen LogP contribution is 2.06. The smallest absolute Gasteiger partial charge is 0.138 e. The molecule has 0 fully saturated rings. The second-order valence-corrected chi connectivity index (χ2v) is 2.71. The zero-order valence-electron chi connectivity index (χ0n) is 7.50. The van der Waals surface area contributed by atoms with E-state index in [1.807, 2.05) is 24.3 Å². The van der Waals surface area contributed by atoms with Crippen molar-refractivity contribution in [3.63, 3.8) is 0 Å². The van der Waals surface area contributed by atoms with Gasteiger partial charge in [0.25, 0.3) is 0 Å². The quantitative estimate of drug-likeness (QED) is 0.809. The van der Waals surface area contributed by atoms with Crippen LogP contribution in [-0.2, 0) is 6.54 Å². The van der Waals surface area contributed by atoms with Crippen LogP contribution in [0.3, 0.4) is 0 Å². The van der Waals surface area contributed by atoms with Crippen LogP contribution in [0.2, 0.25) is 0 Å². The van der Waals surface area contributed by atoms with E-state index in [-0.39, 0.29) is 12.4 Å². The molecule has 5 heteroatoms. The molecule has 4 nitrogen and oxygen atoms in total. The SMILES string of the molecule is Cl.NCc1ccc(-n2cncn2)cc1. The Morgan fingerprint density at radius 1 is 1.21 bits per heavy atom. The lowest BCUT2D eigenvalue weighted by Gasteiger charge is -2.00. The first kappa shape index (κ1) is 10.7. The number of rotatable bonds is 2. The van der Waals surface area contributed by atoms with Gasteiger partial charge in [-0.2, -0.15) is 5.10 Å². The number of aromatic nitrogens is 3. The van der Waals surface area contributed by atoms with Crippen molar-refractivity contribution in [1.29, 1.82) is 0 Å². The van der Waals surface area contributed by atoms with E-state index in [1.54, 1.807) is 11.0 Å². The van der Waals surface area contributed by atoms with Crippen LogP contribution in [0.1, 0.15) is 5.56 Å². The molecule has 74 valence electrons. The van der Waals surface area contributed by atoms with Crippen LogP contribution in [0.4, 0.5) is 0 Å². The Bertz CT molecular complexity index is 368. The third-order valence-corrected chi connectivity index (χ3v) is 1.86. The largest absolute Gasteiger partial charge is 0.326 e. The Morgan fingerprint density at radius 3 is 2.43 bits per heavy atom. The average Bonchev–Trinajstić information content (AvgIpc) is 2.71. The van der Waals surface area contributed by atoms with Gasteiger partial charge in [0.15, 0.2) is 0 Å². The van der Waals surface area contributed by atoms with Crippen LogP contribution in [0, 0.1) is 0 Å². The number of nitrogens with zero attached hydrogens (tertiary/aromatic N) is 3. The van der Waals surface area contributed by atoms with Gasteiger partial charge in [-0.15, -0.1) is 12.4 Å². The topological polar surface area (TPSA) is 56.7 Å². The summed E-state index contributed by atoms with van der Waals surface area (Å²) in [5, 5.41) is 4.02. The summed E-state index contributed by atoms with van der Waals surface area (Å²) in [5.74, 6) is 0. The first-order valence-electron chi connectivity index (χ1n) is 4.04. The maximum absolute atomic E-state index is 5.48. The van der Waals surface area contributed by atoms with Crippen LogP contribution < -0.4 is 5.73 Å². The molecule has 2 rings (SSSR count). The molecule has 1 aromatic carbocycles. The van der Waals surface area contributed by atoms with Crippen molar-refractivity contribution >= 4 is 12.4 Å². The van der Waals surface area contributed by atoms with Gasteiger partial charge < -0.3 is 5.73 Å². The molecule has 0 aliphatic rings. The van der Waals surface area contributed by atoms with Gasteiger partial charge in [0.2, 0.25) is 0 Å². The molecule has 0 spiro atoms. The van der Waals surface area contributed by atoms with Crippen LogP contribution >= 0.6 is 12.4 Å². The molecule has 0 bridgehead atoms. The predicted octanol–water partition coefficient (Wildman–Crippen LogP) is 1.15. The lowest BCUT2D eigenvalue weighted by Crippen LogP contribution is -1.98.